The molecule has 0 spiro atoms. The normalized spacial score (nSPS) is 10.7. The Morgan fingerprint density at radius 1 is 1.31 bits per heavy atom. The number of nitrogen functional groups attached to an aromatic ring is 1. The number of aromatic nitrogens is 3. The van der Waals surface area contributed by atoms with Crippen LogP contribution >= 0.6 is 34.4 Å². The molecule has 0 aliphatic heterocycles. The van der Waals surface area contributed by atoms with E-state index in [0.717, 1.165) is 26.6 Å². The zero-order chi connectivity index (χ0) is 18.7. The molecule has 0 saturated carbocycles. The fraction of sp³-hybridized carbons (Fsp3) is 0.118. The topological polar surface area (TPSA) is 85.8 Å². The van der Waals surface area contributed by atoms with Crippen molar-refractivity contribution in [3.8, 4) is 11.4 Å². The Hall–Kier alpha value is -2.14. The van der Waals surface area contributed by atoms with E-state index in [0.29, 0.717) is 5.16 Å². The van der Waals surface area contributed by atoms with Gasteiger partial charge in [-0.15, -0.1) is 10.2 Å². The van der Waals surface area contributed by atoms with Gasteiger partial charge in [0.25, 0.3) is 0 Å². The number of nitrogens with two attached hydrogens (primary N) is 1. The SMILES string of the molecule is Cc1cc(I)ccc1NC(=O)CSc1nnc(-c2ccccc2F)n1N. The number of carbonyl (C=O) groups excluding carboxylic acids is 1. The van der Waals surface area contributed by atoms with Crippen molar-refractivity contribution in [2.75, 3.05) is 16.9 Å². The van der Waals surface area contributed by atoms with Gasteiger partial charge in [-0.05, 0) is 65.4 Å². The van der Waals surface area contributed by atoms with E-state index in [2.05, 4.69) is 38.1 Å². The van der Waals surface area contributed by atoms with Crippen LogP contribution in [0, 0.1) is 16.3 Å². The Balaban J connectivity index is 1.67. The van der Waals surface area contributed by atoms with E-state index < -0.39 is 5.82 Å². The molecule has 26 heavy (non-hydrogen) atoms. The summed E-state index contributed by atoms with van der Waals surface area (Å²) in [6.45, 7) is 1.93. The molecule has 3 rings (SSSR count). The van der Waals surface area contributed by atoms with E-state index in [4.69, 9.17) is 5.84 Å². The van der Waals surface area contributed by atoms with E-state index in [1.807, 2.05) is 25.1 Å². The summed E-state index contributed by atoms with van der Waals surface area (Å²) in [6.07, 6.45) is 0. The minimum absolute atomic E-state index is 0.109. The first-order valence-electron chi connectivity index (χ1n) is 7.60. The first kappa shape index (κ1) is 18.6. The van der Waals surface area contributed by atoms with Gasteiger partial charge in [0, 0.05) is 9.26 Å². The van der Waals surface area contributed by atoms with Crippen LogP contribution in [0.2, 0.25) is 0 Å². The van der Waals surface area contributed by atoms with Crippen molar-refractivity contribution in [2.24, 2.45) is 0 Å². The van der Waals surface area contributed by atoms with Gasteiger partial charge in [-0.3, -0.25) is 4.79 Å². The number of benzene rings is 2. The van der Waals surface area contributed by atoms with Crippen molar-refractivity contribution < 1.29 is 9.18 Å². The number of carbonyl (C=O) groups is 1. The molecule has 0 atom stereocenters. The molecule has 2 aromatic carbocycles. The van der Waals surface area contributed by atoms with Crippen LogP contribution in [0.1, 0.15) is 5.56 Å². The second-order valence-electron chi connectivity index (χ2n) is 5.45. The van der Waals surface area contributed by atoms with Crippen molar-refractivity contribution in [3.63, 3.8) is 0 Å². The number of hydrogen-bond donors (Lipinski definition) is 2. The number of aryl methyl sites for hydroxylation is 1. The average molecular weight is 483 g/mol. The zero-order valence-electron chi connectivity index (χ0n) is 13.7. The third-order valence-corrected chi connectivity index (χ3v) is 5.19. The largest absolute Gasteiger partial charge is 0.335 e. The molecule has 0 aliphatic carbocycles. The number of nitrogens with one attached hydrogen (secondary N) is 1. The van der Waals surface area contributed by atoms with Gasteiger partial charge in [-0.25, -0.2) is 9.07 Å². The number of hydrogen-bond acceptors (Lipinski definition) is 5. The van der Waals surface area contributed by atoms with Crippen LogP contribution in [0.15, 0.2) is 47.6 Å². The summed E-state index contributed by atoms with van der Waals surface area (Å²) in [5.41, 5.74) is 2.00. The Labute approximate surface area is 167 Å². The minimum Gasteiger partial charge on any atom is -0.335 e. The zero-order valence-corrected chi connectivity index (χ0v) is 16.7. The van der Waals surface area contributed by atoms with E-state index in [-0.39, 0.29) is 23.0 Å². The van der Waals surface area contributed by atoms with Crippen LogP contribution in [-0.2, 0) is 4.79 Å². The number of anilines is 1. The van der Waals surface area contributed by atoms with Gasteiger partial charge in [-0.2, -0.15) is 0 Å². The molecular formula is C17H15FIN5OS. The fourth-order valence-corrected chi connectivity index (χ4v) is 3.59. The Bertz CT molecular complexity index is 962. The first-order valence-corrected chi connectivity index (χ1v) is 9.66. The molecule has 0 fully saturated rings. The van der Waals surface area contributed by atoms with Crippen molar-refractivity contribution in [1.29, 1.82) is 0 Å². The second-order valence-corrected chi connectivity index (χ2v) is 7.64. The molecule has 1 heterocycles. The van der Waals surface area contributed by atoms with E-state index >= 15 is 0 Å². The van der Waals surface area contributed by atoms with E-state index in [1.54, 1.807) is 18.2 Å². The lowest BCUT2D eigenvalue weighted by molar-refractivity contribution is -0.113. The summed E-state index contributed by atoms with van der Waals surface area (Å²) in [6, 6.07) is 12.0. The van der Waals surface area contributed by atoms with Crippen molar-refractivity contribution in [2.45, 2.75) is 12.1 Å². The Morgan fingerprint density at radius 2 is 2.08 bits per heavy atom. The van der Waals surface area contributed by atoms with Gasteiger partial charge in [0.05, 0.1) is 11.3 Å². The molecule has 0 saturated heterocycles. The van der Waals surface area contributed by atoms with Crippen molar-refractivity contribution >= 4 is 45.9 Å². The minimum atomic E-state index is -0.435. The second kappa shape index (κ2) is 8.04. The molecule has 1 amide bonds. The number of amides is 1. The summed E-state index contributed by atoms with van der Waals surface area (Å²) in [5.74, 6) is 5.65. The van der Waals surface area contributed by atoms with Crippen LogP contribution in [0.4, 0.5) is 10.1 Å². The van der Waals surface area contributed by atoms with Crippen LogP contribution in [0.25, 0.3) is 11.4 Å². The number of thioether (sulfide) groups is 1. The standard InChI is InChI=1S/C17H15FIN5OS/c1-10-8-11(19)6-7-14(10)21-15(25)9-26-17-23-22-16(24(17)20)12-4-2-3-5-13(12)18/h2-8H,9,20H2,1H3,(H,21,25). The van der Waals surface area contributed by atoms with Crippen LogP contribution in [0.5, 0.6) is 0 Å². The molecule has 0 radical (unpaired) electrons. The molecule has 3 aromatic rings. The maximum Gasteiger partial charge on any atom is 0.234 e. The van der Waals surface area contributed by atoms with Gasteiger partial charge < -0.3 is 11.2 Å². The predicted molar refractivity (Wildman–Crippen MR) is 109 cm³/mol. The monoisotopic (exact) mass is 483 g/mol. The summed E-state index contributed by atoms with van der Waals surface area (Å²) < 4.78 is 16.2. The molecule has 0 bridgehead atoms. The molecule has 9 heteroatoms. The lowest BCUT2D eigenvalue weighted by Crippen LogP contribution is -2.17. The van der Waals surface area contributed by atoms with E-state index in [9.17, 15) is 9.18 Å². The third kappa shape index (κ3) is 4.15. The molecule has 3 N–H and O–H groups in total. The van der Waals surface area contributed by atoms with Crippen LogP contribution in [0.3, 0.4) is 0 Å². The van der Waals surface area contributed by atoms with Crippen LogP contribution in [-0.4, -0.2) is 26.5 Å². The summed E-state index contributed by atoms with van der Waals surface area (Å²) in [5, 5.41) is 11.1. The lowest BCUT2D eigenvalue weighted by Gasteiger charge is -2.08. The van der Waals surface area contributed by atoms with Gasteiger partial charge in [0.1, 0.15) is 5.82 Å². The molecule has 6 nitrogen and oxygen atoms in total. The summed E-state index contributed by atoms with van der Waals surface area (Å²) in [7, 11) is 0. The highest BCUT2D eigenvalue weighted by Crippen LogP contribution is 2.24. The van der Waals surface area contributed by atoms with Gasteiger partial charge in [0.15, 0.2) is 5.82 Å². The maximum atomic E-state index is 13.9. The highest BCUT2D eigenvalue weighted by Gasteiger charge is 2.16. The van der Waals surface area contributed by atoms with Crippen molar-refractivity contribution in [3.05, 3.63) is 57.4 Å². The first-order chi connectivity index (χ1) is 12.5. The van der Waals surface area contributed by atoms with Gasteiger partial charge in [-0.1, -0.05) is 23.9 Å². The number of halogens is 2. The molecular weight excluding hydrogens is 468 g/mol. The summed E-state index contributed by atoms with van der Waals surface area (Å²) in [4.78, 5) is 12.2. The Kier molecular flexibility index (Phi) is 5.77. The molecule has 0 aliphatic rings. The van der Waals surface area contributed by atoms with Gasteiger partial charge in [0.2, 0.25) is 11.1 Å². The lowest BCUT2D eigenvalue weighted by atomic mass is 10.2. The predicted octanol–water partition coefficient (Wildman–Crippen LogP) is 3.44. The summed E-state index contributed by atoms with van der Waals surface area (Å²) >= 11 is 3.35. The smallest absolute Gasteiger partial charge is 0.234 e. The highest BCUT2D eigenvalue weighted by atomic mass is 127. The molecule has 134 valence electrons. The maximum absolute atomic E-state index is 13.9. The van der Waals surface area contributed by atoms with E-state index in [1.165, 1.54) is 10.7 Å². The molecule has 0 unspecified atom stereocenters. The quantitative estimate of drug-likeness (QED) is 0.330. The average Bonchev–Trinajstić information content (AvgIpc) is 2.97. The van der Waals surface area contributed by atoms with Gasteiger partial charge >= 0.3 is 0 Å². The van der Waals surface area contributed by atoms with Crippen LogP contribution < -0.4 is 11.2 Å². The highest BCUT2D eigenvalue weighted by molar-refractivity contribution is 14.1. The fourth-order valence-electron chi connectivity index (χ4n) is 2.29. The third-order valence-electron chi connectivity index (χ3n) is 3.57. The number of nitrogens with zero attached hydrogens (tertiary/aromatic N) is 3. The Morgan fingerprint density at radius 3 is 2.81 bits per heavy atom. The van der Waals surface area contributed by atoms with Crippen molar-refractivity contribution in [1.82, 2.24) is 14.9 Å². The number of rotatable bonds is 5. The molecule has 1 aromatic heterocycles.